The lowest BCUT2D eigenvalue weighted by molar-refractivity contribution is -0.118. The van der Waals surface area contributed by atoms with Gasteiger partial charge in [-0.15, -0.1) is 0 Å². The van der Waals surface area contributed by atoms with Gasteiger partial charge < -0.3 is 20.6 Å². The lowest BCUT2D eigenvalue weighted by Crippen LogP contribution is -2.17. The molecular formula is C19H22N4O2. The van der Waals surface area contributed by atoms with E-state index in [4.69, 9.17) is 10.4 Å². The number of nitrogens with zero attached hydrogens (tertiary/aromatic N) is 2. The highest BCUT2D eigenvalue weighted by Crippen LogP contribution is 2.18. The molecule has 6 nitrogen and oxygen atoms in total. The highest BCUT2D eigenvalue weighted by molar-refractivity contribution is 5.91. The van der Waals surface area contributed by atoms with E-state index < -0.39 is 12.5 Å². The Balaban J connectivity index is 1.92. The Morgan fingerprint density at radius 1 is 1.20 bits per heavy atom. The van der Waals surface area contributed by atoms with Crippen LogP contribution in [0.15, 0.2) is 48.5 Å². The van der Waals surface area contributed by atoms with E-state index in [-0.39, 0.29) is 0 Å². The van der Waals surface area contributed by atoms with E-state index in [1.54, 1.807) is 6.07 Å². The molecule has 0 aliphatic rings. The van der Waals surface area contributed by atoms with E-state index in [0.29, 0.717) is 25.2 Å². The smallest absolute Gasteiger partial charge is 0.250 e. The Kier molecular flexibility index (Phi) is 6.81. The van der Waals surface area contributed by atoms with Crippen molar-refractivity contribution in [2.75, 3.05) is 35.7 Å². The maximum atomic E-state index is 11.2. The van der Waals surface area contributed by atoms with Gasteiger partial charge in [0.2, 0.25) is 5.91 Å². The van der Waals surface area contributed by atoms with Crippen LogP contribution in [0.5, 0.6) is 0 Å². The molecule has 3 N–H and O–H groups in total. The molecule has 2 aromatic rings. The molecule has 0 aromatic heterocycles. The first-order valence-corrected chi connectivity index (χ1v) is 8.04. The van der Waals surface area contributed by atoms with Crippen LogP contribution in [0, 0.1) is 11.3 Å². The van der Waals surface area contributed by atoms with E-state index in [9.17, 15) is 4.79 Å². The molecule has 2 aromatic carbocycles. The molecule has 1 amide bonds. The summed E-state index contributed by atoms with van der Waals surface area (Å²) in [6, 6.07) is 17.6. The Bertz CT molecular complexity index is 738. The second kappa shape index (κ2) is 9.30. The zero-order valence-corrected chi connectivity index (χ0v) is 14.2. The molecule has 0 radical (unpaired) electrons. The number of aliphatic hydroxyl groups is 1. The maximum Gasteiger partial charge on any atom is 0.250 e. The van der Waals surface area contributed by atoms with Crippen LogP contribution in [-0.4, -0.2) is 31.2 Å². The third-order valence-electron chi connectivity index (χ3n) is 3.72. The van der Waals surface area contributed by atoms with Crippen molar-refractivity contribution in [3.8, 4) is 6.07 Å². The van der Waals surface area contributed by atoms with Crippen LogP contribution in [0.2, 0.25) is 0 Å². The largest absolute Gasteiger partial charge is 0.387 e. The quantitative estimate of drug-likeness (QED) is 0.688. The summed E-state index contributed by atoms with van der Waals surface area (Å²) in [6.07, 6.45) is 0.503. The molecule has 130 valence electrons. The lowest BCUT2D eigenvalue weighted by atomic mass is 10.2. The molecule has 0 unspecified atom stereocenters. The Hall–Kier alpha value is -3.04. The van der Waals surface area contributed by atoms with E-state index in [2.05, 4.69) is 16.7 Å². The Morgan fingerprint density at radius 3 is 2.60 bits per heavy atom. The number of anilines is 3. The van der Waals surface area contributed by atoms with Crippen LogP contribution < -0.4 is 15.5 Å². The number of carbonyl (C=O) groups is 1. The molecule has 6 heteroatoms. The third kappa shape index (κ3) is 5.83. The van der Waals surface area contributed by atoms with Gasteiger partial charge >= 0.3 is 0 Å². The molecule has 2 rings (SSSR count). The third-order valence-corrected chi connectivity index (χ3v) is 3.72. The van der Waals surface area contributed by atoms with E-state index in [1.807, 2.05) is 54.4 Å². The second-order valence-corrected chi connectivity index (χ2v) is 5.64. The fourth-order valence-electron chi connectivity index (χ4n) is 2.33. The lowest BCUT2D eigenvalue weighted by Gasteiger charge is -2.18. The van der Waals surface area contributed by atoms with Crippen molar-refractivity contribution in [1.29, 1.82) is 5.26 Å². The first-order chi connectivity index (χ1) is 12.1. The van der Waals surface area contributed by atoms with Crippen molar-refractivity contribution in [3.05, 3.63) is 54.1 Å². The van der Waals surface area contributed by atoms with Crippen molar-refractivity contribution < 1.29 is 9.90 Å². The molecular weight excluding hydrogens is 316 g/mol. The number of rotatable bonds is 8. The summed E-state index contributed by atoms with van der Waals surface area (Å²) in [7, 11) is 1.97. The van der Waals surface area contributed by atoms with Gasteiger partial charge in [-0.1, -0.05) is 18.2 Å². The number of nitriles is 1. The van der Waals surface area contributed by atoms with Crippen LogP contribution in [0.4, 0.5) is 17.1 Å². The van der Waals surface area contributed by atoms with Gasteiger partial charge in [-0.05, 0) is 35.9 Å². The van der Waals surface area contributed by atoms with Crippen molar-refractivity contribution in [2.45, 2.75) is 13.0 Å². The zero-order valence-electron chi connectivity index (χ0n) is 14.2. The van der Waals surface area contributed by atoms with Gasteiger partial charge in [-0.2, -0.15) is 5.26 Å². The van der Waals surface area contributed by atoms with Gasteiger partial charge in [0, 0.05) is 37.2 Å². The highest BCUT2D eigenvalue weighted by atomic mass is 16.3. The molecule has 0 bridgehead atoms. The van der Waals surface area contributed by atoms with Gasteiger partial charge in [-0.25, -0.2) is 0 Å². The number of amides is 1. The molecule has 0 spiro atoms. The summed E-state index contributed by atoms with van der Waals surface area (Å²) in [4.78, 5) is 13.3. The normalized spacial score (nSPS) is 9.96. The average Bonchev–Trinajstić information content (AvgIpc) is 2.65. The van der Waals surface area contributed by atoms with E-state index in [0.717, 1.165) is 16.9 Å². The number of benzene rings is 2. The first-order valence-electron chi connectivity index (χ1n) is 8.04. The minimum Gasteiger partial charge on any atom is -0.387 e. The van der Waals surface area contributed by atoms with E-state index >= 15 is 0 Å². The topological polar surface area (TPSA) is 88.4 Å². The van der Waals surface area contributed by atoms with Crippen molar-refractivity contribution in [1.82, 2.24) is 0 Å². The highest BCUT2D eigenvalue weighted by Gasteiger charge is 2.03. The van der Waals surface area contributed by atoms with Crippen LogP contribution in [0.3, 0.4) is 0 Å². The number of carbonyl (C=O) groups excluding carboxylic acids is 1. The fourth-order valence-corrected chi connectivity index (χ4v) is 2.33. The summed E-state index contributed by atoms with van der Waals surface area (Å²) < 4.78 is 0. The van der Waals surface area contributed by atoms with Crippen molar-refractivity contribution >= 4 is 23.0 Å². The molecule has 0 heterocycles. The molecule has 0 aliphatic carbocycles. The number of nitrogens with one attached hydrogen (secondary N) is 2. The summed E-state index contributed by atoms with van der Waals surface area (Å²) >= 11 is 0. The van der Waals surface area contributed by atoms with Gasteiger partial charge in [0.05, 0.1) is 12.5 Å². The zero-order chi connectivity index (χ0) is 18.1. The maximum absolute atomic E-state index is 11.2. The number of hydrogen-bond donors (Lipinski definition) is 3. The minimum atomic E-state index is -0.535. The SMILES string of the molecule is CN(CCC#N)c1ccc(CNc2cccc(NC(=O)CO)c2)cc1. The monoisotopic (exact) mass is 338 g/mol. The number of aliphatic hydroxyl groups excluding tert-OH is 1. The van der Waals surface area contributed by atoms with Crippen molar-refractivity contribution in [2.24, 2.45) is 0 Å². The average molecular weight is 338 g/mol. The summed E-state index contributed by atoms with van der Waals surface area (Å²) in [5, 5.41) is 23.3. The van der Waals surface area contributed by atoms with Crippen LogP contribution in [-0.2, 0) is 11.3 Å². The summed E-state index contributed by atoms with van der Waals surface area (Å²) in [6.45, 7) is 0.826. The van der Waals surface area contributed by atoms with Crippen LogP contribution in [0.25, 0.3) is 0 Å². The number of hydrogen-bond acceptors (Lipinski definition) is 5. The molecule has 0 aliphatic heterocycles. The molecule has 0 atom stereocenters. The molecule has 0 saturated heterocycles. The standard InChI is InChI=1S/C19H22N4O2/c1-23(11-3-10-20)18-8-6-15(7-9-18)13-21-16-4-2-5-17(12-16)22-19(25)14-24/h2,4-9,12,21,24H,3,11,13-14H2,1H3,(H,22,25). The van der Waals surface area contributed by atoms with E-state index in [1.165, 1.54) is 0 Å². The summed E-state index contributed by atoms with van der Waals surface area (Å²) in [5.41, 5.74) is 3.72. The van der Waals surface area contributed by atoms with Gasteiger partial charge in [0.1, 0.15) is 6.61 Å². The Morgan fingerprint density at radius 2 is 1.92 bits per heavy atom. The van der Waals surface area contributed by atoms with Gasteiger partial charge in [0.15, 0.2) is 0 Å². The molecule has 0 saturated carbocycles. The predicted octanol–water partition coefficient (Wildman–Crippen LogP) is 2.58. The first kappa shape index (κ1) is 18.3. The van der Waals surface area contributed by atoms with Gasteiger partial charge in [0.25, 0.3) is 0 Å². The molecule has 25 heavy (non-hydrogen) atoms. The van der Waals surface area contributed by atoms with Crippen LogP contribution in [0.1, 0.15) is 12.0 Å². The predicted molar refractivity (Wildman–Crippen MR) is 99.4 cm³/mol. The molecule has 0 fully saturated rings. The van der Waals surface area contributed by atoms with Crippen LogP contribution >= 0.6 is 0 Å². The van der Waals surface area contributed by atoms with Crippen molar-refractivity contribution in [3.63, 3.8) is 0 Å². The van der Waals surface area contributed by atoms with Gasteiger partial charge in [-0.3, -0.25) is 4.79 Å². The fraction of sp³-hybridized carbons (Fsp3) is 0.263. The summed E-state index contributed by atoms with van der Waals surface area (Å²) in [5.74, 6) is -0.437. The Labute approximate surface area is 147 Å². The minimum absolute atomic E-state index is 0.437. The second-order valence-electron chi connectivity index (χ2n) is 5.64.